The van der Waals surface area contributed by atoms with Gasteiger partial charge in [-0.05, 0) is 43.2 Å². The third-order valence-corrected chi connectivity index (χ3v) is 8.54. The number of halogens is 2. The van der Waals surface area contributed by atoms with Crippen molar-refractivity contribution in [1.82, 2.24) is 24.8 Å². The number of alkyl halides is 2. The Morgan fingerprint density at radius 2 is 1.89 bits per heavy atom. The third-order valence-electron chi connectivity index (χ3n) is 8.54. The second-order valence-electron chi connectivity index (χ2n) is 11.4. The molecule has 1 saturated heterocycles. The molecular weight excluding hydrogens is 580 g/mol. The predicted molar refractivity (Wildman–Crippen MR) is 165 cm³/mol. The SMILES string of the molecule is C#C[C@H]1CC[C@H](Cn2c(N3CCOC[C@H]3c3ccccc3)nc3nc(C(=N)NC(=O)O)nc(-c4cccc(C(F)F)c4)c32)CC1. The van der Waals surface area contributed by atoms with Crippen molar-refractivity contribution in [3.8, 4) is 23.6 Å². The van der Waals surface area contributed by atoms with E-state index < -0.39 is 18.4 Å². The molecule has 2 aromatic carbocycles. The number of rotatable bonds is 7. The average molecular weight is 614 g/mol. The number of benzene rings is 2. The van der Waals surface area contributed by atoms with E-state index in [0.29, 0.717) is 43.3 Å². The molecule has 2 aliphatic rings. The van der Waals surface area contributed by atoms with Gasteiger partial charge in [-0.3, -0.25) is 10.7 Å². The van der Waals surface area contributed by atoms with Gasteiger partial charge >= 0.3 is 6.09 Å². The Balaban J connectivity index is 1.56. The lowest BCUT2D eigenvalue weighted by Gasteiger charge is -2.37. The first kappa shape index (κ1) is 30.1. The van der Waals surface area contributed by atoms with E-state index in [-0.39, 0.29) is 40.6 Å². The summed E-state index contributed by atoms with van der Waals surface area (Å²) < 4.78 is 35.6. The second-order valence-corrected chi connectivity index (χ2v) is 11.4. The summed E-state index contributed by atoms with van der Waals surface area (Å²) in [6.45, 7) is 2.03. The smallest absolute Gasteiger partial charge is 0.410 e. The summed E-state index contributed by atoms with van der Waals surface area (Å²) in [4.78, 5) is 27.7. The Labute approximate surface area is 259 Å². The van der Waals surface area contributed by atoms with Gasteiger partial charge in [-0.2, -0.15) is 4.98 Å². The summed E-state index contributed by atoms with van der Waals surface area (Å²) in [5.41, 5.74) is 2.30. The van der Waals surface area contributed by atoms with Gasteiger partial charge in [0.05, 0.1) is 19.3 Å². The van der Waals surface area contributed by atoms with E-state index in [2.05, 4.69) is 25.4 Å². The van der Waals surface area contributed by atoms with Crippen LogP contribution in [0.1, 0.15) is 55.1 Å². The molecule has 1 aliphatic carbocycles. The fraction of sp³-hybridized carbons (Fsp3) is 0.364. The van der Waals surface area contributed by atoms with Crippen LogP contribution in [0, 0.1) is 29.6 Å². The van der Waals surface area contributed by atoms with Crippen molar-refractivity contribution < 1.29 is 23.4 Å². The molecule has 1 atom stereocenters. The molecule has 6 rings (SSSR count). The predicted octanol–water partition coefficient (Wildman–Crippen LogP) is 6.04. The maximum absolute atomic E-state index is 13.8. The van der Waals surface area contributed by atoms with Crippen LogP contribution in [0.5, 0.6) is 0 Å². The normalized spacial score (nSPS) is 20.2. The molecule has 2 aromatic heterocycles. The Bertz CT molecular complexity index is 1750. The van der Waals surface area contributed by atoms with Crippen LogP contribution in [-0.4, -0.2) is 56.3 Å². The molecule has 0 bridgehead atoms. The Morgan fingerprint density at radius 3 is 2.60 bits per heavy atom. The molecular formula is C33H33F2N7O3. The number of morpholine rings is 1. The van der Waals surface area contributed by atoms with Crippen molar-refractivity contribution in [3.05, 3.63) is 71.5 Å². The number of aromatic nitrogens is 4. The van der Waals surface area contributed by atoms with Crippen LogP contribution in [0.25, 0.3) is 22.4 Å². The minimum atomic E-state index is -2.71. The van der Waals surface area contributed by atoms with Crippen molar-refractivity contribution in [2.75, 3.05) is 24.7 Å². The van der Waals surface area contributed by atoms with Crippen molar-refractivity contribution >= 4 is 29.0 Å². The molecule has 2 fully saturated rings. The second kappa shape index (κ2) is 13.0. The number of ether oxygens (including phenoxy) is 1. The van der Waals surface area contributed by atoms with Crippen molar-refractivity contribution in [2.45, 2.75) is 44.7 Å². The summed E-state index contributed by atoms with van der Waals surface area (Å²) >= 11 is 0. The Hall–Kier alpha value is -4.89. The highest BCUT2D eigenvalue weighted by atomic mass is 19.3. The Morgan fingerprint density at radius 1 is 1.11 bits per heavy atom. The molecule has 0 radical (unpaired) electrons. The third kappa shape index (κ3) is 6.35. The van der Waals surface area contributed by atoms with Gasteiger partial charge in [-0.25, -0.2) is 23.5 Å². The largest absolute Gasteiger partial charge is 0.465 e. The number of hydrogen-bond acceptors (Lipinski definition) is 7. The number of amides is 1. The molecule has 1 aliphatic heterocycles. The van der Waals surface area contributed by atoms with Crippen molar-refractivity contribution in [2.24, 2.45) is 11.8 Å². The maximum Gasteiger partial charge on any atom is 0.410 e. The molecule has 0 unspecified atom stereocenters. The lowest BCUT2D eigenvalue weighted by molar-refractivity contribution is 0.0927. The molecule has 1 saturated carbocycles. The Kier molecular flexibility index (Phi) is 8.71. The van der Waals surface area contributed by atoms with E-state index in [1.807, 2.05) is 35.6 Å². The lowest BCUT2D eigenvalue weighted by Crippen LogP contribution is -2.41. The van der Waals surface area contributed by atoms with E-state index in [4.69, 9.17) is 21.6 Å². The van der Waals surface area contributed by atoms with Crippen LogP contribution in [-0.2, 0) is 11.3 Å². The van der Waals surface area contributed by atoms with E-state index in [9.17, 15) is 18.7 Å². The van der Waals surface area contributed by atoms with E-state index in [1.165, 1.54) is 18.2 Å². The zero-order chi connectivity index (χ0) is 31.5. The number of terminal acetylenes is 1. The summed E-state index contributed by atoms with van der Waals surface area (Å²) in [5, 5.41) is 19.6. The van der Waals surface area contributed by atoms with Gasteiger partial charge in [-0.15, -0.1) is 12.3 Å². The molecule has 3 N–H and O–H groups in total. The van der Waals surface area contributed by atoms with Crippen LogP contribution < -0.4 is 10.2 Å². The summed E-state index contributed by atoms with van der Waals surface area (Å²) in [6.07, 6.45) is 5.23. The van der Waals surface area contributed by atoms with Gasteiger partial charge in [0.15, 0.2) is 17.3 Å². The van der Waals surface area contributed by atoms with Crippen molar-refractivity contribution in [1.29, 1.82) is 5.41 Å². The first-order valence-corrected chi connectivity index (χ1v) is 14.9. The standard InChI is InChI=1S/C33H33F2N7O3/c1-2-20-11-13-21(14-12-20)18-42-27-26(23-9-6-10-24(17-23)28(34)35)37-31(29(36)38-33(43)44)39-30(27)40-32(42)41-15-16-45-19-25(41)22-7-4-3-5-8-22/h1,3-10,17,20-21,25,28H,11-16,18-19H2,(H2,36,38)(H,43,44)/t20-,21-,25-/m0/s1. The molecule has 45 heavy (non-hydrogen) atoms. The monoisotopic (exact) mass is 613 g/mol. The quantitative estimate of drug-likeness (QED) is 0.132. The number of amidine groups is 1. The van der Waals surface area contributed by atoms with Crippen LogP contribution in [0.3, 0.4) is 0 Å². The fourth-order valence-corrected chi connectivity index (χ4v) is 6.28. The highest BCUT2D eigenvalue weighted by Gasteiger charge is 2.32. The van der Waals surface area contributed by atoms with Crippen LogP contribution >= 0.6 is 0 Å². The van der Waals surface area contributed by atoms with Gasteiger partial charge in [-0.1, -0.05) is 48.5 Å². The number of hydrogen-bond donors (Lipinski definition) is 3. The van der Waals surface area contributed by atoms with E-state index >= 15 is 0 Å². The average Bonchev–Trinajstić information content (AvgIpc) is 3.42. The molecule has 232 valence electrons. The van der Waals surface area contributed by atoms with E-state index in [1.54, 1.807) is 6.07 Å². The minimum absolute atomic E-state index is 0.155. The first-order valence-electron chi connectivity index (χ1n) is 14.9. The summed E-state index contributed by atoms with van der Waals surface area (Å²) in [5.74, 6) is 3.26. The van der Waals surface area contributed by atoms with Crippen LogP contribution in [0.2, 0.25) is 0 Å². The molecule has 0 spiro atoms. The fourth-order valence-electron chi connectivity index (χ4n) is 6.28. The highest BCUT2D eigenvalue weighted by Crippen LogP contribution is 2.38. The maximum atomic E-state index is 13.8. The minimum Gasteiger partial charge on any atom is -0.465 e. The molecule has 12 heteroatoms. The number of imidazole rings is 1. The van der Waals surface area contributed by atoms with Gasteiger partial charge in [0.25, 0.3) is 6.43 Å². The van der Waals surface area contributed by atoms with E-state index in [0.717, 1.165) is 31.2 Å². The molecule has 10 nitrogen and oxygen atoms in total. The molecule has 3 heterocycles. The van der Waals surface area contributed by atoms with Crippen LogP contribution in [0.4, 0.5) is 19.5 Å². The number of anilines is 1. The summed E-state index contributed by atoms with van der Waals surface area (Å²) in [6, 6.07) is 15.7. The first-order chi connectivity index (χ1) is 21.8. The number of carbonyl (C=O) groups is 1. The zero-order valence-corrected chi connectivity index (χ0v) is 24.5. The van der Waals surface area contributed by atoms with Gasteiger partial charge < -0.3 is 19.3 Å². The highest BCUT2D eigenvalue weighted by molar-refractivity contribution is 6.03. The van der Waals surface area contributed by atoms with Crippen LogP contribution in [0.15, 0.2) is 54.6 Å². The topological polar surface area (TPSA) is 129 Å². The number of nitrogens with zero attached hydrogens (tertiary/aromatic N) is 5. The lowest BCUT2D eigenvalue weighted by atomic mass is 9.82. The summed E-state index contributed by atoms with van der Waals surface area (Å²) in [7, 11) is 0. The molecule has 4 aromatic rings. The van der Waals surface area contributed by atoms with Gasteiger partial charge in [0.1, 0.15) is 11.2 Å². The zero-order valence-electron chi connectivity index (χ0n) is 24.5. The van der Waals surface area contributed by atoms with Crippen molar-refractivity contribution in [3.63, 3.8) is 0 Å². The number of carboxylic acid groups (broad SMARTS) is 1. The molecule has 1 amide bonds. The van der Waals surface area contributed by atoms with Gasteiger partial charge in [0.2, 0.25) is 5.95 Å². The number of nitrogens with one attached hydrogen (secondary N) is 2. The van der Waals surface area contributed by atoms with Gasteiger partial charge in [0, 0.05) is 30.1 Å². The number of fused-ring (bicyclic) bond motifs is 1.